The molecule has 1 aliphatic rings. The van der Waals surface area contributed by atoms with Crippen LogP contribution in [0.4, 0.5) is 11.8 Å². The lowest BCUT2D eigenvalue weighted by molar-refractivity contribution is 0.887. The van der Waals surface area contributed by atoms with E-state index in [9.17, 15) is 4.79 Å². The number of aromatic nitrogens is 2. The Morgan fingerprint density at radius 3 is 2.64 bits per heavy atom. The Morgan fingerprint density at radius 1 is 1.43 bits per heavy atom. The van der Waals surface area contributed by atoms with Crippen molar-refractivity contribution in [2.75, 3.05) is 23.7 Å². The van der Waals surface area contributed by atoms with Crippen molar-refractivity contribution in [2.24, 2.45) is 0 Å². The molecule has 1 aromatic heterocycles. The molecule has 2 heterocycles. The fourth-order valence-electron chi connectivity index (χ4n) is 1.62. The summed E-state index contributed by atoms with van der Waals surface area (Å²) in [5.74, 6) is 0.936. The van der Waals surface area contributed by atoms with E-state index in [0.29, 0.717) is 17.3 Å². The van der Waals surface area contributed by atoms with Gasteiger partial charge in [0, 0.05) is 13.1 Å². The molecular weight excluding hydrogens is 180 g/mol. The van der Waals surface area contributed by atoms with Crippen molar-refractivity contribution in [2.45, 2.75) is 19.8 Å². The molecule has 0 aromatic carbocycles. The summed E-state index contributed by atoms with van der Waals surface area (Å²) in [5, 5.41) is 0. The molecule has 76 valence electrons. The van der Waals surface area contributed by atoms with Crippen LogP contribution in [0.15, 0.2) is 4.79 Å². The van der Waals surface area contributed by atoms with Gasteiger partial charge in [0.2, 0.25) is 5.95 Å². The molecule has 1 aliphatic heterocycles. The highest BCUT2D eigenvalue weighted by Gasteiger charge is 2.15. The molecule has 0 aliphatic carbocycles. The Balaban J connectivity index is 2.39. The third kappa shape index (κ3) is 1.45. The smallest absolute Gasteiger partial charge is 0.257 e. The van der Waals surface area contributed by atoms with Crippen LogP contribution in [0.5, 0.6) is 0 Å². The Kier molecular flexibility index (Phi) is 2.15. The number of nitrogens with zero attached hydrogens (tertiary/aromatic N) is 2. The number of nitrogens with one attached hydrogen (secondary N) is 1. The maximum Gasteiger partial charge on any atom is 0.257 e. The molecule has 2 rings (SSSR count). The van der Waals surface area contributed by atoms with E-state index in [-0.39, 0.29) is 5.56 Å². The monoisotopic (exact) mass is 194 g/mol. The topological polar surface area (TPSA) is 75.0 Å². The number of H-pyrrole nitrogens is 1. The summed E-state index contributed by atoms with van der Waals surface area (Å²) >= 11 is 0. The van der Waals surface area contributed by atoms with Crippen LogP contribution in [0.25, 0.3) is 0 Å². The number of hydrogen-bond donors (Lipinski definition) is 2. The standard InChI is InChI=1S/C9H14N4O/c1-6-7(10)11-9(12-8(6)14)13-4-2-3-5-13/h2-5H2,1H3,(H3,10,11,12,14). The SMILES string of the molecule is Cc1c(N)nc(N2CCCC2)[nH]c1=O. The lowest BCUT2D eigenvalue weighted by atomic mass is 10.3. The molecule has 0 saturated carbocycles. The van der Waals surface area contributed by atoms with Crippen LogP contribution in [0.3, 0.4) is 0 Å². The first-order valence-corrected chi connectivity index (χ1v) is 4.80. The molecule has 0 spiro atoms. The molecule has 0 radical (unpaired) electrons. The Morgan fingerprint density at radius 2 is 2.07 bits per heavy atom. The molecule has 5 nitrogen and oxygen atoms in total. The summed E-state index contributed by atoms with van der Waals surface area (Å²) in [6.45, 7) is 3.58. The predicted octanol–water partition coefficient (Wildman–Crippen LogP) is 0.261. The quantitative estimate of drug-likeness (QED) is 0.672. The van der Waals surface area contributed by atoms with Gasteiger partial charge in [0.05, 0.1) is 5.56 Å². The van der Waals surface area contributed by atoms with Crippen LogP contribution in [-0.4, -0.2) is 23.1 Å². The Labute approximate surface area is 82.0 Å². The fraction of sp³-hybridized carbons (Fsp3) is 0.556. The molecule has 1 saturated heterocycles. The van der Waals surface area contributed by atoms with Crippen molar-refractivity contribution in [3.05, 3.63) is 15.9 Å². The Hall–Kier alpha value is -1.52. The molecule has 1 aromatic rings. The number of anilines is 2. The summed E-state index contributed by atoms with van der Waals surface area (Å²) in [7, 11) is 0. The molecule has 0 bridgehead atoms. The normalized spacial score (nSPS) is 16.2. The van der Waals surface area contributed by atoms with E-state index in [1.165, 1.54) is 0 Å². The van der Waals surface area contributed by atoms with Crippen LogP contribution in [0.1, 0.15) is 18.4 Å². The van der Waals surface area contributed by atoms with Crippen molar-refractivity contribution >= 4 is 11.8 Å². The summed E-state index contributed by atoms with van der Waals surface area (Å²) in [5.41, 5.74) is 5.99. The van der Waals surface area contributed by atoms with E-state index < -0.39 is 0 Å². The third-order valence-corrected chi connectivity index (χ3v) is 2.58. The van der Waals surface area contributed by atoms with Crippen LogP contribution >= 0.6 is 0 Å². The zero-order valence-electron chi connectivity index (χ0n) is 8.21. The van der Waals surface area contributed by atoms with Crippen LogP contribution < -0.4 is 16.2 Å². The number of aromatic amines is 1. The van der Waals surface area contributed by atoms with E-state index in [0.717, 1.165) is 25.9 Å². The maximum absolute atomic E-state index is 11.4. The average Bonchev–Trinajstić information content (AvgIpc) is 2.66. The predicted molar refractivity (Wildman–Crippen MR) is 55.5 cm³/mol. The second-order valence-corrected chi connectivity index (χ2v) is 3.59. The van der Waals surface area contributed by atoms with E-state index in [4.69, 9.17) is 5.73 Å². The van der Waals surface area contributed by atoms with Gasteiger partial charge in [-0.05, 0) is 19.8 Å². The van der Waals surface area contributed by atoms with Gasteiger partial charge >= 0.3 is 0 Å². The van der Waals surface area contributed by atoms with Crippen molar-refractivity contribution in [3.8, 4) is 0 Å². The van der Waals surface area contributed by atoms with Crippen molar-refractivity contribution < 1.29 is 0 Å². The summed E-state index contributed by atoms with van der Waals surface area (Å²) in [6.07, 6.45) is 2.30. The van der Waals surface area contributed by atoms with Gasteiger partial charge in [0.25, 0.3) is 5.56 Å². The largest absolute Gasteiger partial charge is 0.383 e. The zero-order valence-corrected chi connectivity index (χ0v) is 8.21. The third-order valence-electron chi connectivity index (χ3n) is 2.58. The second-order valence-electron chi connectivity index (χ2n) is 3.59. The first kappa shape index (κ1) is 9.05. The zero-order chi connectivity index (χ0) is 10.1. The van der Waals surface area contributed by atoms with Gasteiger partial charge in [-0.2, -0.15) is 4.98 Å². The minimum absolute atomic E-state index is 0.139. The van der Waals surface area contributed by atoms with Crippen LogP contribution in [0, 0.1) is 6.92 Å². The Bertz CT molecular complexity index is 392. The molecule has 3 N–H and O–H groups in total. The minimum atomic E-state index is -0.139. The van der Waals surface area contributed by atoms with E-state index in [1.807, 2.05) is 0 Å². The number of rotatable bonds is 1. The molecule has 5 heteroatoms. The van der Waals surface area contributed by atoms with Crippen LogP contribution in [0.2, 0.25) is 0 Å². The van der Waals surface area contributed by atoms with E-state index in [1.54, 1.807) is 6.92 Å². The van der Waals surface area contributed by atoms with Gasteiger partial charge in [0.1, 0.15) is 5.82 Å². The molecule has 14 heavy (non-hydrogen) atoms. The highest BCUT2D eigenvalue weighted by Crippen LogP contribution is 2.15. The first-order chi connectivity index (χ1) is 6.68. The number of nitrogen functional groups attached to an aromatic ring is 1. The summed E-state index contributed by atoms with van der Waals surface area (Å²) < 4.78 is 0. The van der Waals surface area contributed by atoms with Crippen LogP contribution in [-0.2, 0) is 0 Å². The second kappa shape index (κ2) is 3.32. The molecule has 0 amide bonds. The summed E-state index contributed by atoms with van der Waals surface area (Å²) in [6, 6.07) is 0. The molecule has 0 atom stereocenters. The van der Waals surface area contributed by atoms with E-state index in [2.05, 4.69) is 14.9 Å². The van der Waals surface area contributed by atoms with E-state index >= 15 is 0 Å². The van der Waals surface area contributed by atoms with Gasteiger partial charge in [-0.25, -0.2) is 0 Å². The highest BCUT2D eigenvalue weighted by molar-refractivity contribution is 5.43. The minimum Gasteiger partial charge on any atom is -0.383 e. The maximum atomic E-state index is 11.4. The van der Waals surface area contributed by atoms with Crippen molar-refractivity contribution in [1.82, 2.24) is 9.97 Å². The number of nitrogens with two attached hydrogens (primary N) is 1. The average molecular weight is 194 g/mol. The molecular formula is C9H14N4O. The number of hydrogen-bond acceptors (Lipinski definition) is 4. The highest BCUT2D eigenvalue weighted by atomic mass is 16.1. The van der Waals surface area contributed by atoms with Gasteiger partial charge in [-0.1, -0.05) is 0 Å². The molecule has 0 unspecified atom stereocenters. The van der Waals surface area contributed by atoms with Gasteiger partial charge in [-0.3, -0.25) is 9.78 Å². The first-order valence-electron chi connectivity index (χ1n) is 4.80. The van der Waals surface area contributed by atoms with Crippen molar-refractivity contribution in [1.29, 1.82) is 0 Å². The lowest BCUT2D eigenvalue weighted by Gasteiger charge is -2.15. The lowest BCUT2D eigenvalue weighted by Crippen LogP contribution is -2.25. The summed E-state index contributed by atoms with van der Waals surface area (Å²) in [4.78, 5) is 20.4. The van der Waals surface area contributed by atoms with Crippen molar-refractivity contribution in [3.63, 3.8) is 0 Å². The van der Waals surface area contributed by atoms with Gasteiger partial charge in [-0.15, -0.1) is 0 Å². The fourth-order valence-corrected chi connectivity index (χ4v) is 1.62. The molecule has 1 fully saturated rings. The van der Waals surface area contributed by atoms with Gasteiger partial charge < -0.3 is 10.6 Å². The van der Waals surface area contributed by atoms with Gasteiger partial charge in [0.15, 0.2) is 0 Å².